The molecule has 0 spiro atoms. The van der Waals surface area contributed by atoms with Crippen molar-refractivity contribution in [2.24, 2.45) is 0 Å². The van der Waals surface area contributed by atoms with Crippen LogP contribution in [0.3, 0.4) is 0 Å². The van der Waals surface area contributed by atoms with Crippen molar-refractivity contribution in [3.05, 3.63) is 29.5 Å². The van der Waals surface area contributed by atoms with Gasteiger partial charge in [0.25, 0.3) is 0 Å². The summed E-state index contributed by atoms with van der Waals surface area (Å²) in [4.78, 5) is 0. The summed E-state index contributed by atoms with van der Waals surface area (Å²) in [5, 5.41) is 20.7. The van der Waals surface area contributed by atoms with Crippen molar-refractivity contribution >= 4 is 5.69 Å². The molecule has 0 amide bonds. The number of hydrogen-bond acceptors (Lipinski definition) is 2. The van der Waals surface area contributed by atoms with Gasteiger partial charge in [0.2, 0.25) is 0 Å². The van der Waals surface area contributed by atoms with Crippen LogP contribution in [0.25, 0.3) is 0 Å². The van der Waals surface area contributed by atoms with Crippen LogP contribution in [0.1, 0.15) is 6.42 Å². The third-order valence-electron chi connectivity index (χ3n) is 2.36. The molecule has 1 aromatic carbocycles. The van der Waals surface area contributed by atoms with Crippen molar-refractivity contribution in [1.82, 2.24) is 4.65 Å². The van der Waals surface area contributed by atoms with Crippen LogP contribution >= 0.6 is 0 Å². The van der Waals surface area contributed by atoms with Gasteiger partial charge in [-0.15, -0.1) is 0 Å². The average Bonchev–Trinajstić information content (AvgIpc) is 2.02. The van der Waals surface area contributed by atoms with Crippen molar-refractivity contribution in [1.29, 1.82) is 0 Å². The van der Waals surface area contributed by atoms with Gasteiger partial charge in [-0.2, -0.15) is 0 Å². The van der Waals surface area contributed by atoms with E-state index in [1.807, 2.05) is 0 Å². The summed E-state index contributed by atoms with van der Waals surface area (Å²) in [7, 11) is 0. The Bertz CT molecular complexity index is 277. The fourth-order valence-electron chi connectivity index (χ4n) is 1.43. The number of aromatic hydroxyl groups is 1. The highest BCUT2D eigenvalue weighted by Crippen LogP contribution is 2.29. The molecule has 64 valence electrons. The zero-order chi connectivity index (χ0) is 8.60. The summed E-state index contributed by atoms with van der Waals surface area (Å²) in [6, 6.07) is 6.51. The molecule has 1 N–H and O–H groups in total. The smallest absolute Gasteiger partial charge is 0.133 e. The molecule has 0 radical (unpaired) electrons. The van der Waals surface area contributed by atoms with E-state index < -0.39 is 0 Å². The Morgan fingerprint density at radius 2 is 1.75 bits per heavy atom. The first-order valence-corrected chi connectivity index (χ1v) is 4.08. The number of nitrogens with zero attached hydrogens (tertiary/aromatic N) is 1. The summed E-state index contributed by atoms with van der Waals surface area (Å²) >= 11 is 0. The van der Waals surface area contributed by atoms with Crippen molar-refractivity contribution in [3.63, 3.8) is 0 Å². The lowest BCUT2D eigenvalue weighted by molar-refractivity contribution is 0.263. The highest BCUT2D eigenvalue weighted by atomic mass is 16.6. The van der Waals surface area contributed by atoms with Gasteiger partial charge in [-0.3, -0.25) is 0 Å². The molecule has 2 rings (SSSR count). The molecule has 3 heteroatoms. The number of hydroxylamine groups is 2. The maximum absolute atomic E-state index is 11.7. The predicted octanol–water partition coefficient (Wildman–Crippen LogP) is 1.60. The lowest BCUT2D eigenvalue weighted by Gasteiger charge is -2.49. The highest BCUT2D eigenvalue weighted by Gasteiger charge is 2.28. The van der Waals surface area contributed by atoms with Crippen molar-refractivity contribution < 1.29 is 5.11 Å². The van der Waals surface area contributed by atoms with E-state index in [0.717, 1.165) is 12.1 Å². The van der Waals surface area contributed by atoms with Gasteiger partial charge in [0.05, 0.1) is 13.1 Å². The first kappa shape index (κ1) is 7.58. The van der Waals surface area contributed by atoms with E-state index in [4.69, 9.17) is 5.11 Å². The summed E-state index contributed by atoms with van der Waals surface area (Å²) in [6.07, 6.45) is 1.00. The minimum absolute atomic E-state index is 0.214. The van der Waals surface area contributed by atoms with Crippen LogP contribution < -0.4 is 4.65 Å². The van der Waals surface area contributed by atoms with E-state index in [-0.39, 0.29) is 10.4 Å². The van der Waals surface area contributed by atoms with E-state index in [2.05, 4.69) is 0 Å². The topological polar surface area (TPSA) is 43.3 Å². The highest BCUT2D eigenvalue weighted by molar-refractivity contribution is 5.47. The summed E-state index contributed by atoms with van der Waals surface area (Å²) < 4.78 is -0.222. The van der Waals surface area contributed by atoms with Crippen molar-refractivity contribution in [2.45, 2.75) is 6.42 Å². The first-order valence-electron chi connectivity index (χ1n) is 4.08. The van der Waals surface area contributed by atoms with Gasteiger partial charge in [0, 0.05) is 18.6 Å². The molecule has 0 bridgehead atoms. The molecule has 0 aromatic heterocycles. The number of phenols is 1. The molecule has 1 heterocycles. The number of phenolic OH excluding ortho intramolecular Hbond substituents is 1. The zero-order valence-corrected chi connectivity index (χ0v) is 6.73. The monoisotopic (exact) mass is 165 g/mol. The average molecular weight is 165 g/mol. The summed E-state index contributed by atoms with van der Waals surface area (Å²) in [5.41, 5.74) is 0.749. The van der Waals surface area contributed by atoms with E-state index in [1.165, 1.54) is 0 Å². The second-order valence-corrected chi connectivity index (χ2v) is 3.21. The maximum Gasteiger partial charge on any atom is 0.133 e. The van der Waals surface area contributed by atoms with E-state index in [1.54, 1.807) is 24.3 Å². The van der Waals surface area contributed by atoms with Crippen molar-refractivity contribution in [2.75, 3.05) is 13.1 Å². The van der Waals surface area contributed by atoms with Crippen LogP contribution in [0.5, 0.6) is 5.75 Å². The lowest BCUT2D eigenvalue weighted by atomic mass is 10.1. The Morgan fingerprint density at radius 3 is 2.17 bits per heavy atom. The molecule has 1 saturated heterocycles. The molecule has 0 aliphatic carbocycles. The SMILES string of the molecule is [O-][N+]1(c2ccc(O)cc2)CCC1. The van der Waals surface area contributed by atoms with Gasteiger partial charge >= 0.3 is 0 Å². The maximum atomic E-state index is 11.7. The van der Waals surface area contributed by atoms with Crippen LogP contribution in [0.15, 0.2) is 24.3 Å². The molecule has 3 nitrogen and oxygen atoms in total. The third kappa shape index (κ3) is 1.07. The van der Waals surface area contributed by atoms with Gasteiger partial charge < -0.3 is 15.0 Å². The summed E-state index contributed by atoms with van der Waals surface area (Å²) in [6.45, 7) is 1.34. The van der Waals surface area contributed by atoms with Gasteiger partial charge in [-0.05, 0) is 12.1 Å². The molecular formula is C9H11NO2. The molecule has 1 fully saturated rings. The van der Waals surface area contributed by atoms with E-state index in [0.29, 0.717) is 13.1 Å². The molecule has 0 atom stereocenters. The van der Waals surface area contributed by atoms with Gasteiger partial charge in [-0.25, -0.2) is 0 Å². The Balaban J connectivity index is 2.28. The molecule has 12 heavy (non-hydrogen) atoms. The fourth-order valence-corrected chi connectivity index (χ4v) is 1.43. The largest absolute Gasteiger partial charge is 0.627 e. The van der Waals surface area contributed by atoms with Crippen LogP contribution in [0.4, 0.5) is 5.69 Å². The van der Waals surface area contributed by atoms with E-state index >= 15 is 0 Å². The number of benzene rings is 1. The second-order valence-electron chi connectivity index (χ2n) is 3.21. The molecule has 1 aliphatic rings. The molecule has 0 saturated carbocycles. The van der Waals surface area contributed by atoms with Crippen LogP contribution in [-0.4, -0.2) is 18.2 Å². The number of hydrogen-bond donors (Lipinski definition) is 1. The molecule has 1 aliphatic heterocycles. The molecular weight excluding hydrogens is 154 g/mol. The predicted molar refractivity (Wildman–Crippen MR) is 47.6 cm³/mol. The Hall–Kier alpha value is -1.06. The second kappa shape index (κ2) is 2.47. The Labute approximate surface area is 71.0 Å². The number of rotatable bonds is 1. The quantitative estimate of drug-likeness (QED) is 0.507. The van der Waals surface area contributed by atoms with Crippen LogP contribution in [0, 0.1) is 5.21 Å². The van der Waals surface area contributed by atoms with Gasteiger partial charge in [0.15, 0.2) is 0 Å². The normalized spacial score (nSPS) is 20.1. The Morgan fingerprint density at radius 1 is 1.17 bits per heavy atom. The van der Waals surface area contributed by atoms with Gasteiger partial charge in [0.1, 0.15) is 11.4 Å². The molecule has 1 aromatic rings. The zero-order valence-electron chi connectivity index (χ0n) is 6.73. The molecule has 0 unspecified atom stereocenters. The van der Waals surface area contributed by atoms with Crippen molar-refractivity contribution in [3.8, 4) is 5.75 Å². The lowest BCUT2D eigenvalue weighted by Crippen LogP contribution is -2.54. The third-order valence-corrected chi connectivity index (χ3v) is 2.36. The minimum atomic E-state index is -0.222. The number of quaternary nitrogens is 1. The fraction of sp³-hybridized carbons (Fsp3) is 0.333. The van der Waals surface area contributed by atoms with Crippen LogP contribution in [0.2, 0.25) is 0 Å². The standard InChI is InChI=1S/C9H11NO2/c11-9-4-2-8(3-5-9)10(12)6-1-7-10/h2-5,11H,1,6-7H2. The summed E-state index contributed by atoms with van der Waals surface area (Å²) in [5.74, 6) is 0.214. The van der Waals surface area contributed by atoms with E-state index in [9.17, 15) is 5.21 Å². The Kier molecular flexibility index (Phi) is 1.56. The van der Waals surface area contributed by atoms with Crippen LogP contribution in [-0.2, 0) is 0 Å². The first-order chi connectivity index (χ1) is 5.71. The van der Waals surface area contributed by atoms with Gasteiger partial charge in [-0.1, -0.05) is 0 Å². The minimum Gasteiger partial charge on any atom is -0.627 e.